The molecule has 11 aromatic rings. The van der Waals surface area contributed by atoms with Gasteiger partial charge in [0.2, 0.25) is 0 Å². The van der Waals surface area contributed by atoms with Gasteiger partial charge < -0.3 is 4.74 Å². The minimum atomic E-state index is -3.03. The van der Waals surface area contributed by atoms with Gasteiger partial charge in [0.05, 0.1) is 16.6 Å². The molecular formula is C53H38N4OSi. The molecule has 0 aliphatic carbocycles. The van der Waals surface area contributed by atoms with E-state index in [1.165, 1.54) is 53.4 Å². The minimum Gasteiger partial charge on any atom is -0.457 e. The van der Waals surface area contributed by atoms with Crippen LogP contribution in [0.15, 0.2) is 195 Å². The number of aromatic nitrogens is 4. The Kier molecular flexibility index (Phi) is 7.23. The summed E-state index contributed by atoms with van der Waals surface area (Å²) in [6, 6.07) is 64.6. The van der Waals surface area contributed by atoms with E-state index in [4.69, 9.17) is 14.7 Å². The first kappa shape index (κ1) is 33.8. The molecule has 0 bridgehead atoms. The standard InChI is InChI=1S/C53H38N4OSi/c1-53(2)44-20-10-12-22-49(44)58-50-34-48-42(33-45(50)53)41-27-25-38(32-47(41)57(48)51-23-13-14-28-54-51)59(35-15-5-3-6-16-35,36-17-7-4-8-18-36)37-24-26-39-40-19-9-11-21-46(40)56-30-29-55-52(56)43(39)31-37/h3-34H,1-2H3. The van der Waals surface area contributed by atoms with Crippen molar-refractivity contribution >= 4 is 77.9 Å². The van der Waals surface area contributed by atoms with Crippen molar-refractivity contribution in [1.29, 1.82) is 0 Å². The maximum absolute atomic E-state index is 6.71. The summed E-state index contributed by atoms with van der Waals surface area (Å²) >= 11 is 0. The highest BCUT2D eigenvalue weighted by atomic mass is 28.3. The molecule has 0 N–H and O–H groups in total. The van der Waals surface area contributed by atoms with Crippen molar-refractivity contribution in [1.82, 2.24) is 18.9 Å². The van der Waals surface area contributed by atoms with Crippen molar-refractivity contribution in [3.63, 3.8) is 0 Å². The molecule has 6 heteroatoms. The van der Waals surface area contributed by atoms with Gasteiger partial charge in [-0.2, -0.15) is 0 Å². The first-order valence-corrected chi connectivity index (χ1v) is 22.2. The van der Waals surface area contributed by atoms with Crippen LogP contribution in [0.4, 0.5) is 0 Å². The van der Waals surface area contributed by atoms with E-state index in [1.807, 2.05) is 18.5 Å². The number of imidazole rings is 1. The molecule has 59 heavy (non-hydrogen) atoms. The number of ether oxygens (including phenoxy) is 1. The van der Waals surface area contributed by atoms with E-state index in [-0.39, 0.29) is 5.41 Å². The summed E-state index contributed by atoms with van der Waals surface area (Å²) in [6.07, 6.45) is 5.88. The van der Waals surface area contributed by atoms with Crippen LogP contribution in [-0.4, -0.2) is 27.0 Å². The van der Waals surface area contributed by atoms with Crippen molar-refractivity contribution < 1.29 is 4.74 Å². The van der Waals surface area contributed by atoms with E-state index >= 15 is 0 Å². The zero-order valence-corrected chi connectivity index (χ0v) is 33.7. The molecule has 0 spiro atoms. The smallest absolute Gasteiger partial charge is 0.179 e. The summed E-state index contributed by atoms with van der Waals surface area (Å²) in [5, 5.41) is 11.1. The Balaban J connectivity index is 1.20. The van der Waals surface area contributed by atoms with E-state index in [2.05, 4.69) is 199 Å². The molecule has 7 aromatic carbocycles. The Morgan fingerprint density at radius 3 is 1.90 bits per heavy atom. The molecule has 0 unspecified atom stereocenters. The number of benzene rings is 7. The summed E-state index contributed by atoms with van der Waals surface area (Å²) < 4.78 is 11.3. The quantitative estimate of drug-likeness (QED) is 0.0994. The van der Waals surface area contributed by atoms with Gasteiger partial charge in [-0.1, -0.05) is 147 Å². The summed E-state index contributed by atoms with van der Waals surface area (Å²) in [7, 11) is -3.03. The molecule has 4 aromatic heterocycles. The second-order valence-corrected chi connectivity index (χ2v) is 20.0. The van der Waals surface area contributed by atoms with Gasteiger partial charge in [0, 0.05) is 62.7 Å². The lowest BCUT2D eigenvalue weighted by atomic mass is 9.75. The minimum absolute atomic E-state index is 0.248. The predicted molar refractivity (Wildman–Crippen MR) is 245 cm³/mol. The van der Waals surface area contributed by atoms with E-state index in [0.29, 0.717) is 0 Å². The summed E-state index contributed by atoms with van der Waals surface area (Å²) in [5.74, 6) is 2.66. The molecule has 0 atom stereocenters. The van der Waals surface area contributed by atoms with Crippen LogP contribution >= 0.6 is 0 Å². The molecule has 0 saturated carbocycles. The fraction of sp³-hybridized carbons (Fsp3) is 0.0566. The predicted octanol–water partition coefficient (Wildman–Crippen LogP) is 9.94. The Bertz CT molecular complexity index is 3410. The lowest BCUT2D eigenvalue weighted by Gasteiger charge is -2.35. The summed E-state index contributed by atoms with van der Waals surface area (Å²) in [5.41, 5.74) is 6.42. The van der Waals surface area contributed by atoms with Gasteiger partial charge >= 0.3 is 0 Å². The lowest BCUT2D eigenvalue weighted by Crippen LogP contribution is -2.74. The second-order valence-electron chi connectivity index (χ2n) is 16.2. The normalized spacial score (nSPS) is 13.5. The maximum Gasteiger partial charge on any atom is 0.179 e. The van der Waals surface area contributed by atoms with Crippen LogP contribution in [0.25, 0.3) is 54.9 Å². The van der Waals surface area contributed by atoms with Crippen LogP contribution in [0.5, 0.6) is 11.5 Å². The third kappa shape index (κ3) is 4.78. The molecule has 1 aliphatic heterocycles. The van der Waals surface area contributed by atoms with Crippen LogP contribution in [0.3, 0.4) is 0 Å². The number of hydrogen-bond donors (Lipinski definition) is 0. The fourth-order valence-corrected chi connectivity index (χ4v) is 14.9. The van der Waals surface area contributed by atoms with Gasteiger partial charge in [0.25, 0.3) is 0 Å². The highest BCUT2D eigenvalue weighted by Gasteiger charge is 2.42. The second kappa shape index (κ2) is 12.6. The highest BCUT2D eigenvalue weighted by Crippen LogP contribution is 2.50. The lowest BCUT2D eigenvalue weighted by molar-refractivity contribution is 0.419. The van der Waals surface area contributed by atoms with Gasteiger partial charge in [0.1, 0.15) is 23.0 Å². The summed E-state index contributed by atoms with van der Waals surface area (Å²) in [4.78, 5) is 9.93. The molecule has 0 amide bonds. The largest absolute Gasteiger partial charge is 0.457 e. The van der Waals surface area contributed by atoms with Gasteiger partial charge in [-0.25, -0.2) is 9.97 Å². The highest BCUT2D eigenvalue weighted by molar-refractivity contribution is 7.20. The van der Waals surface area contributed by atoms with E-state index < -0.39 is 8.07 Å². The molecule has 0 radical (unpaired) electrons. The average Bonchev–Trinajstić information content (AvgIpc) is 3.91. The van der Waals surface area contributed by atoms with Crippen LogP contribution < -0.4 is 25.5 Å². The molecule has 280 valence electrons. The van der Waals surface area contributed by atoms with Crippen LogP contribution in [0, 0.1) is 0 Å². The van der Waals surface area contributed by atoms with Crippen molar-refractivity contribution in [3.05, 3.63) is 206 Å². The topological polar surface area (TPSA) is 44.4 Å². The number of pyridine rings is 2. The molecule has 5 heterocycles. The Hall–Kier alpha value is -7.28. The monoisotopic (exact) mass is 774 g/mol. The molecular weight excluding hydrogens is 737 g/mol. The van der Waals surface area contributed by atoms with E-state index in [1.54, 1.807) is 0 Å². The summed E-state index contributed by atoms with van der Waals surface area (Å²) in [6.45, 7) is 4.61. The number of rotatable bonds is 5. The third-order valence-corrected chi connectivity index (χ3v) is 17.6. The third-order valence-electron chi connectivity index (χ3n) is 12.8. The zero-order chi connectivity index (χ0) is 39.3. The van der Waals surface area contributed by atoms with Gasteiger partial charge in [0.15, 0.2) is 8.07 Å². The SMILES string of the molecule is CC1(C)c2ccccc2Oc2cc3c(cc21)c1ccc([Si](c2ccccc2)(c2ccccc2)c2ccc4c5ccccc5n5ccnc5c4c2)cc1n3-c1ccccn1. The Morgan fingerprint density at radius 1 is 0.458 bits per heavy atom. The molecule has 0 fully saturated rings. The fourth-order valence-electron chi connectivity index (χ4n) is 10.1. The van der Waals surface area contributed by atoms with Gasteiger partial charge in [-0.05, 0) is 62.5 Å². The number of hydrogen-bond acceptors (Lipinski definition) is 3. The van der Waals surface area contributed by atoms with Crippen molar-refractivity contribution in [2.24, 2.45) is 0 Å². The van der Waals surface area contributed by atoms with Crippen molar-refractivity contribution in [3.8, 4) is 17.3 Å². The number of fused-ring (bicyclic) bond motifs is 11. The van der Waals surface area contributed by atoms with Crippen molar-refractivity contribution in [2.75, 3.05) is 0 Å². The zero-order valence-electron chi connectivity index (χ0n) is 32.7. The Labute approximate surface area is 342 Å². The maximum atomic E-state index is 6.71. The first-order valence-electron chi connectivity index (χ1n) is 20.2. The van der Waals surface area contributed by atoms with Gasteiger partial charge in [-0.15, -0.1) is 0 Å². The van der Waals surface area contributed by atoms with Crippen LogP contribution in [0.1, 0.15) is 25.0 Å². The van der Waals surface area contributed by atoms with Crippen LogP contribution in [0.2, 0.25) is 0 Å². The number of nitrogens with zero attached hydrogens (tertiary/aromatic N) is 4. The van der Waals surface area contributed by atoms with E-state index in [9.17, 15) is 0 Å². The van der Waals surface area contributed by atoms with E-state index in [0.717, 1.165) is 44.9 Å². The molecule has 12 rings (SSSR count). The molecule has 0 saturated heterocycles. The molecule has 5 nitrogen and oxygen atoms in total. The van der Waals surface area contributed by atoms with Crippen LogP contribution in [-0.2, 0) is 5.41 Å². The number of para-hydroxylation sites is 2. The average molecular weight is 775 g/mol. The first-order chi connectivity index (χ1) is 29.0. The Morgan fingerprint density at radius 2 is 1.12 bits per heavy atom. The van der Waals surface area contributed by atoms with Gasteiger partial charge in [-0.3, -0.25) is 8.97 Å². The van der Waals surface area contributed by atoms with Crippen molar-refractivity contribution in [2.45, 2.75) is 19.3 Å². The molecule has 1 aliphatic rings.